The molecule has 15 heavy (non-hydrogen) atoms. The van der Waals surface area contributed by atoms with E-state index in [2.05, 4.69) is 25.0 Å². The minimum absolute atomic E-state index is 0.682. The van der Waals surface area contributed by atoms with Gasteiger partial charge in [0, 0.05) is 31.2 Å². The predicted octanol–water partition coefficient (Wildman–Crippen LogP) is 0.901. The quantitative estimate of drug-likeness (QED) is 0.828. The fourth-order valence-electron chi connectivity index (χ4n) is 1.89. The molecule has 2 heterocycles. The number of nitrogens with zero attached hydrogens (tertiary/aromatic N) is 4. The molecule has 0 amide bonds. The van der Waals surface area contributed by atoms with E-state index in [1.54, 1.807) is 0 Å². The van der Waals surface area contributed by atoms with Crippen molar-refractivity contribution < 1.29 is 0 Å². The van der Waals surface area contributed by atoms with Gasteiger partial charge in [-0.05, 0) is 31.0 Å². The number of anilines is 1. The van der Waals surface area contributed by atoms with Crippen molar-refractivity contribution in [2.45, 2.75) is 31.7 Å². The van der Waals surface area contributed by atoms with Gasteiger partial charge in [0.1, 0.15) is 0 Å². The van der Waals surface area contributed by atoms with Crippen molar-refractivity contribution in [1.82, 2.24) is 20.1 Å². The third kappa shape index (κ3) is 3.10. The second-order valence-corrected chi connectivity index (χ2v) is 4.71. The van der Waals surface area contributed by atoms with Gasteiger partial charge >= 0.3 is 0 Å². The van der Waals surface area contributed by atoms with Crippen molar-refractivity contribution in [2.24, 2.45) is 0 Å². The van der Waals surface area contributed by atoms with Crippen LogP contribution < -0.4 is 10.2 Å². The third-order valence-electron chi connectivity index (χ3n) is 2.84. The molecule has 1 N–H and O–H groups in total. The molecule has 1 saturated heterocycles. The van der Waals surface area contributed by atoms with Gasteiger partial charge in [0.15, 0.2) is 0 Å². The predicted molar refractivity (Wildman–Crippen MR) is 61.2 cm³/mol. The normalized spacial score (nSPS) is 21.5. The van der Waals surface area contributed by atoms with Gasteiger partial charge < -0.3 is 10.2 Å². The molecule has 0 aliphatic carbocycles. The Morgan fingerprint density at radius 2 is 2.47 bits per heavy atom. The van der Waals surface area contributed by atoms with Crippen LogP contribution in [-0.4, -0.2) is 41.0 Å². The van der Waals surface area contributed by atoms with Crippen molar-refractivity contribution >= 4 is 16.7 Å². The van der Waals surface area contributed by atoms with E-state index in [9.17, 15) is 0 Å². The second-order valence-electron chi connectivity index (χ2n) is 4.00. The Morgan fingerprint density at radius 1 is 1.53 bits per heavy atom. The lowest BCUT2D eigenvalue weighted by molar-refractivity contribution is 0.384. The van der Waals surface area contributed by atoms with Crippen LogP contribution in [0.25, 0.3) is 0 Å². The summed E-state index contributed by atoms with van der Waals surface area (Å²) in [5.74, 6) is 0. The fraction of sp³-hybridized carbons (Fsp3) is 0.889. The molecule has 1 atom stereocenters. The highest BCUT2D eigenvalue weighted by atomic mass is 32.1. The highest BCUT2D eigenvalue weighted by molar-refractivity contribution is 7.09. The topological polar surface area (TPSA) is 53.9 Å². The molecule has 2 rings (SSSR count). The lowest BCUT2D eigenvalue weighted by Gasteiger charge is -2.25. The van der Waals surface area contributed by atoms with E-state index < -0.39 is 0 Å². The van der Waals surface area contributed by atoms with Gasteiger partial charge in [0.05, 0.1) is 0 Å². The zero-order valence-electron chi connectivity index (χ0n) is 9.02. The molecule has 0 aromatic carbocycles. The van der Waals surface area contributed by atoms with Crippen molar-refractivity contribution in [1.29, 1.82) is 0 Å². The molecule has 84 valence electrons. The second kappa shape index (κ2) is 5.37. The highest BCUT2D eigenvalue weighted by Gasteiger charge is 2.14. The molecule has 6 heteroatoms. The highest BCUT2D eigenvalue weighted by Crippen LogP contribution is 2.14. The largest absolute Gasteiger partial charge is 0.348 e. The molecule has 1 fully saturated rings. The minimum atomic E-state index is 0.682. The maximum absolute atomic E-state index is 3.94. The van der Waals surface area contributed by atoms with Gasteiger partial charge in [-0.3, -0.25) is 0 Å². The van der Waals surface area contributed by atoms with Gasteiger partial charge in [-0.1, -0.05) is 16.0 Å². The van der Waals surface area contributed by atoms with Crippen LogP contribution in [0.3, 0.4) is 0 Å². The summed E-state index contributed by atoms with van der Waals surface area (Å²) < 4.78 is 3.76. The summed E-state index contributed by atoms with van der Waals surface area (Å²) in [5.41, 5.74) is 0. The summed E-state index contributed by atoms with van der Waals surface area (Å²) in [6.45, 7) is 2.20. The first-order valence-electron chi connectivity index (χ1n) is 5.46. The SMILES string of the molecule is CN(CCC1CCCCN1)c1nnns1. The number of nitrogens with one attached hydrogen (secondary N) is 1. The Hall–Kier alpha value is -0.750. The summed E-state index contributed by atoms with van der Waals surface area (Å²) in [4.78, 5) is 2.13. The monoisotopic (exact) mass is 227 g/mol. The Morgan fingerprint density at radius 3 is 3.13 bits per heavy atom. The molecule has 1 aliphatic rings. The summed E-state index contributed by atoms with van der Waals surface area (Å²) in [7, 11) is 2.05. The molecule has 0 saturated carbocycles. The number of aromatic nitrogens is 3. The Balaban J connectivity index is 1.73. The summed E-state index contributed by atoms with van der Waals surface area (Å²) in [6, 6.07) is 0.682. The van der Waals surface area contributed by atoms with Crippen molar-refractivity contribution in [3.8, 4) is 0 Å². The Bertz CT molecular complexity index is 270. The number of hydrogen-bond donors (Lipinski definition) is 1. The maximum atomic E-state index is 3.94. The zero-order valence-corrected chi connectivity index (χ0v) is 9.83. The summed E-state index contributed by atoms with van der Waals surface area (Å²) in [6.07, 6.45) is 5.17. The van der Waals surface area contributed by atoms with Crippen LogP contribution in [0.4, 0.5) is 5.13 Å². The van der Waals surface area contributed by atoms with Crippen LogP contribution in [0, 0.1) is 0 Å². The maximum Gasteiger partial charge on any atom is 0.227 e. The molecule has 0 radical (unpaired) electrons. The summed E-state index contributed by atoms with van der Waals surface area (Å²) in [5, 5.41) is 12.0. The number of rotatable bonds is 4. The number of hydrogen-bond acceptors (Lipinski definition) is 6. The van der Waals surface area contributed by atoms with Crippen LogP contribution in [0.2, 0.25) is 0 Å². The van der Waals surface area contributed by atoms with Gasteiger partial charge in [0.2, 0.25) is 5.13 Å². The van der Waals surface area contributed by atoms with Gasteiger partial charge in [-0.15, -0.1) is 0 Å². The zero-order chi connectivity index (χ0) is 10.5. The molecule has 0 bridgehead atoms. The van der Waals surface area contributed by atoms with Crippen LogP contribution >= 0.6 is 11.5 Å². The molecule has 1 unspecified atom stereocenters. The van der Waals surface area contributed by atoms with Crippen molar-refractivity contribution in [2.75, 3.05) is 25.0 Å². The first kappa shape index (κ1) is 10.8. The van der Waals surface area contributed by atoms with Crippen molar-refractivity contribution in [3.63, 3.8) is 0 Å². The minimum Gasteiger partial charge on any atom is -0.348 e. The smallest absolute Gasteiger partial charge is 0.227 e. The molecule has 0 spiro atoms. The van der Waals surface area contributed by atoms with Gasteiger partial charge in [-0.2, -0.15) is 0 Å². The standard InChI is InChI=1S/C9H17N5S/c1-14(9-11-12-13-15-9)7-5-8-4-2-3-6-10-8/h8,10H,2-7H2,1H3. The van der Waals surface area contributed by atoms with E-state index in [0.29, 0.717) is 6.04 Å². The van der Waals surface area contributed by atoms with E-state index in [1.807, 2.05) is 7.05 Å². The Kier molecular flexibility index (Phi) is 3.85. The van der Waals surface area contributed by atoms with E-state index in [4.69, 9.17) is 0 Å². The van der Waals surface area contributed by atoms with E-state index >= 15 is 0 Å². The third-order valence-corrected chi connectivity index (χ3v) is 3.55. The fourth-order valence-corrected chi connectivity index (χ4v) is 2.34. The van der Waals surface area contributed by atoms with Gasteiger partial charge in [-0.25, -0.2) is 0 Å². The van der Waals surface area contributed by atoms with Crippen molar-refractivity contribution in [3.05, 3.63) is 0 Å². The lowest BCUT2D eigenvalue weighted by atomic mass is 10.0. The summed E-state index contributed by atoms with van der Waals surface area (Å²) >= 11 is 1.35. The first-order chi connectivity index (χ1) is 7.36. The average molecular weight is 227 g/mol. The average Bonchev–Trinajstić information content (AvgIpc) is 2.81. The van der Waals surface area contributed by atoms with E-state index in [1.165, 1.54) is 43.8 Å². The number of piperidine rings is 1. The van der Waals surface area contributed by atoms with Crippen LogP contribution in [0.5, 0.6) is 0 Å². The van der Waals surface area contributed by atoms with E-state index in [0.717, 1.165) is 11.7 Å². The van der Waals surface area contributed by atoms with Crippen LogP contribution in [0.1, 0.15) is 25.7 Å². The van der Waals surface area contributed by atoms with Crippen LogP contribution in [0.15, 0.2) is 0 Å². The molecular formula is C9H17N5S. The van der Waals surface area contributed by atoms with Crippen LogP contribution in [-0.2, 0) is 0 Å². The molecule has 1 aromatic rings. The lowest BCUT2D eigenvalue weighted by Crippen LogP contribution is -2.36. The van der Waals surface area contributed by atoms with E-state index in [-0.39, 0.29) is 0 Å². The Labute approximate surface area is 94.0 Å². The molecule has 1 aliphatic heterocycles. The molecule has 5 nitrogen and oxygen atoms in total. The first-order valence-corrected chi connectivity index (χ1v) is 6.23. The molecule has 1 aromatic heterocycles. The molecular weight excluding hydrogens is 210 g/mol. The van der Waals surface area contributed by atoms with Gasteiger partial charge in [0.25, 0.3) is 0 Å².